The molecule has 0 spiro atoms. The molecule has 116 valence electrons. The summed E-state index contributed by atoms with van der Waals surface area (Å²) in [6, 6.07) is -0.236. The van der Waals surface area contributed by atoms with Crippen molar-refractivity contribution < 1.29 is 14.7 Å². The zero-order valence-corrected chi connectivity index (χ0v) is 13.2. The molecule has 1 saturated heterocycles. The smallest absolute Gasteiger partial charge is 0.329 e. The molecule has 5 heteroatoms. The Balaban J connectivity index is 2.91. The zero-order valence-electron chi connectivity index (χ0n) is 13.2. The zero-order chi connectivity index (χ0) is 15.4. The maximum atomic E-state index is 12.6. The maximum absolute atomic E-state index is 12.6. The Bertz CT molecular complexity index is 358. The Kier molecular flexibility index (Phi) is 5.42. The Labute approximate surface area is 121 Å². The van der Waals surface area contributed by atoms with Gasteiger partial charge in [-0.15, -0.1) is 0 Å². The van der Waals surface area contributed by atoms with E-state index in [1.54, 1.807) is 6.92 Å². The van der Waals surface area contributed by atoms with Gasteiger partial charge in [-0.1, -0.05) is 20.8 Å². The molecular formula is C15H28N2O3. The number of rotatable bonds is 5. The number of urea groups is 1. The highest BCUT2D eigenvalue weighted by atomic mass is 16.4. The number of carbonyl (C=O) groups excluding carboxylic acids is 1. The third-order valence-corrected chi connectivity index (χ3v) is 5.00. The Hall–Kier alpha value is -1.26. The van der Waals surface area contributed by atoms with Gasteiger partial charge in [0.25, 0.3) is 0 Å². The number of carboxylic acid groups (broad SMARTS) is 1. The van der Waals surface area contributed by atoms with Gasteiger partial charge in [0, 0.05) is 12.1 Å². The number of nitrogens with one attached hydrogen (secondary N) is 1. The van der Waals surface area contributed by atoms with E-state index in [4.69, 9.17) is 0 Å². The standard InChI is InChI=1S/C15H28N2O3/c1-5-15(6-2,7-3)16-13(20)17-11-9-8-10-14(17,4)12(18)19/h5-11H2,1-4H3,(H,16,20)(H,18,19). The Morgan fingerprint density at radius 1 is 1.20 bits per heavy atom. The van der Waals surface area contributed by atoms with Crippen LogP contribution < -0.4 is 5.32 Å². The van der Waals surface area contributed by atoms with Crippen LogP contribution in [0.5, 0.6) is 0 Å². The number of piperidine rings is 1. The van der Waals surface area contributed by atoms with Crippen molar-refractivity contribution in [3.05, 3.63) is 0 Å². The molecule has 0 aromatic rings. The molecule has 5 nitrogen and oxygen atoms in total. The lowest BCUT2D eigenvalue weighted by Crippen LogP contribution is -2.63. The maximum Gasteiger partial charge on any atom is 0.329 e. The van der Waals surface area contributed by atoms with Gasteiger partial charge in [0.15, 0.2) is 0 Å². The van der Waals surface area contributed by atoms with Crippen LogP contribution in [0.15, 0.2) is 0 Å². The van der Waals surface area contributed by atoms with Gasteiger partial charge in [0.05, 0.1) is 0 Å². The van der Waals surface area contributed by atoms with E-state index in [1.807, 2.05) is 0 Å². The van der Waals surface area contributed by atoms with Gasteiger partial charge >= 0.3 is 12.0 Å². The summed E-state index contributed by atoms with van der Waals surface area (Å²) < 4.78 is 0. The lowest BCUT2D eigenvalue weighted by molar-refractivity contribution is -0.150. The highest BCUT2D eigenvalue weighted by Gasteiger charge is 2.45. The van der Waals surface area contributed by atoms with Gasteiger partial charge in [0.1, 0.15) is 5.54 Å². The number of likely N-dealkylation sites (tertiary alicyclic amines) is 1. The van der Waals surface area contributed by atoms with Crippen LogP contribution >= 0.6 is 0 Å². The second-order valence-corrected chi connectivity index (χ2v) is 5.96. The number of carboxylic acids is 1. The van der Waals surface area contributed by atoms with E-state index in [-0.39, 0.29) is 11.6 Å². The predicted octanol–water partition coefficient (Wildman–Crippen LogP) is 2.99. The van der Waals surface area contributed by atoms with Gasteiger partial charge in [-0.25, -0.2) is 9.59 Å². The largest absolute Gasteiger partial charge is 0.480 e. The minimum absolute atomic E-state index is 0.228. The van der Waals surface area contributed by atoms with Crippen molar-refractivity contribution >= 4 is 12.0 Å². The number of aliphatic carboxylic acids is 1. The molecule has 0 aliphatic carbocycles. The number of hydrogen-bond acceptors (Lipinski definition) is 2. The third kappa shape index (κ3) is 3.07. The van der Waals surface area contributed by atoms with E-state index < -0.39 is 11.5 Å². The average molecular weight is 284 g/mol. The molecule has 1 rings (SSSR count). The molecule has 1 unspecified atom stereocenters. The number of hydrogen-bond donors (Lipinski definition) is 2. The fraction of sp³-hybridized carbons (Fsp3) is 0.867. The monoisotopic (exact) mass is 284 g/mol. The van der Waals surface area contributed by atoms with E-state index in [1.165, 1.54) is 4.90 Å². The second kappa shape index (κ2) is 6.46. The van der Waals surface area contributed by atoms with Gasteiger partial charge in [-0.3, -0.25) is 0 Å². The molecule has 2 amide bonds. The Morgan fingerprint density at radius 2 is 1.75 bits per heavy atom. The van der Waals surface area contributed by atoms with Crippen molar-refractivity contribution in [1.29, 1.82) is 0 Å². The van der Waals surface area contributed by atoms with Crippen LogP contribution in [0, 0.1) is 0 Å². The van der Waals surface area contributed by atoms with E-state index in [2.05, 4.69) is 26.1 Å². The molecule has 0 aromatic heterocycles. The quantitative estimate of drug-likeness (QED) is 0.815. The summed E-state index contributed by atoms with van der Waals surface area (Å²) in [7, 11) is 0. The van der Waals surface area contributed by atoms with Crippen LogP contribution in [0.3, 0.4) is 0 Å². The fourth-order valence-electron chi connectivity index (χ4n) is 2.98. The van der Waals surface area contributed by atoms with Crippen LogP contribution in [-0.2, 0) is 4.79 Å². The van der Waals surface area contributed by atoms with Crippen molar-refractivity contribution in [3.8, 4) is 0 Å². The van der Waals surface area contributed by atoms with Crippen LogP contribution in [0.1, 0.15) is 66.2 Å². The number of amides is 2. The summed E-state index contributed by atoms with van der Waals surface area (Å²) >= 11 is 0. The first kappa shape index (κ1) is 16.8. The summed E-state index contributed by atoms with van der Waals surface area (Å²) in [5, 5.41) is 12.5. The van der Waals surface area contributed by atoms with E-state index in [0.29, 0.717) is 13.0 Å². The van der Waals surface area contributed by atoms with E-state index in [9.17, 15) is 14.7 Å². The second-order valence-electron chi connectivity index (χ2n) is 5.96. The van der Waals surface area contributed by atoms with E-state index in [0.717, 1.165) is 32.1 Å². The van der Waals surface area contributed by atoms with Crippen molar-refractivity contribution in [2.24, 2.45) is 0 Å². The topological polar surface area (TPSA) is 69.6 Å². The Morgan fingerprint density at radius 3 is 2.20 bits per heavy atom. The van der Waals surface area contributed by atoms with Crippen LogP contribution in [0.2, 0.25) is 0 Å². The number of nitrogens with zero attached hydrogens (tertiary/aromatic N) is 1. The lowest BCUT2D eigenvalue weighted by atomic mass is 9.87. The normalized spacial score (nSPS) is 23.5. The van der Waals surface area contributed by atoms with Gasteiger partial charge in [-0.05, 0) is 45.4 Å². The molecule has 0 radical (unpaired) electrons. The molecule has 0 saturated carbocycles. The molecular weight excluding hydrogens is 256 g/mol. The van der Waals surface area contributed by atoms with Crippen molar-refractivity contribution in [2.75, 3.05) is 6.54 Å². The van der Waals surface area contributed by atoms with Crippen molar-refractivity contribution in [2.45, 2.75) is 77.3 Å². The van der Waals surface area contributed by atoms with Crippen molar-refractivity contribution in [3.63, 3.8) is 0 Å². The van der Waals surface area contributed by atoms with Crippen molar-refractivity contribution in [1.82, 2.24) is 10.2 Å². The SMILES string of the molecule is CCC(CC)(CC)NC(=O)N1CCCCC1(C)C(=O)O. The first-order chi connectivity index (χ1) is 9.35. The molecule has 1 aliphatic heterocycles. The van der Waals surface area contributed by atoms with Crippen LogP contribution in [-0.4, -0.2) is 39.6 Å². The number of carbonyl (C=O) groups is 2. The van der Waals surface area contributed by atoms with Gasteiger partial charge in [0.2, 0.25) is 0 Å². The highest BCUT2D eigenvalue weighted by molar-refractivity contribution is 5.86. The van der Waals surface area contributed by atoms with Gasteiger partial charge in [-0.2, -0.15) is 0 Å². The predicted molar refractivity (Wildman–Crippen MR) is 78.7 cm³/mol. The summed E-state index contributed by atoms with van der Waals surface area (Å²) in [6.45, 7) is 8.33. The molecule has 0 bridgehead atoms. The van der Waals surface area contributed by atoms with Gasteiger partial charge < -0.3 is 15.3 Å². The molecule has 2 N–H and O–H groups in total. The molecule has 20 heavy (non-hydrogen) atoms. The first-order valence-corrected chi connectivity index (χ1v) is 7.68. The minimum Gasteiger partial charge on any atom is -0.480 e. The fourth-order valence-corrected chi connectivity index (χ4v) is 2.98. The molecule has 1 aliphatic rings. The summed E-state index contributed by atoms with van der Waals surface area (Å²) in [5.41, 5.74) is -1.31. The first-order valence-electron chi connectivity index (χ1n) is 7.68. The highest BCUT2D eigenvalue weighted by Crippen LogP contribution is 2.29. The summed E-state index contributed by atoms with van der Waals surface area (Å²) in [4.78, 5) is 25.6. The summed E-state index contributed by atoms with van der Waals surface area (Å²) in [6.07, 6.45) is 4.80. The van der Waals surface area contributed by atoms with E-state index >= 15 is 0 Å². The lowest BCUT2D eigenvalue weighted by Gasteiger charge is -2.44. The molecule has 1 heterocycles. The molecule has 1 atom stereocenters. The summed E-state index contributed by atoms with van der Waals surface area (Å²) in [5.74, 6) is -0.914. The third-order valence-electron chi connectivity index (χ3n) is 5.00. The molecule has 0 aromatic carbocycles. The molecule has 1 fully saturated rings. The van der Waals surface area contributed by atoms with Crippen LogP contribution in [0.4, 0.5) is 4.79 Å². The average Bonchev–Trinajstić information content (AvgIpc) is 2.45. The minimum atomic E-state index is -1.08. The van der Waals surface area contributed by atoms with Crippen LogP contribution in [0.25, 0.3) is 0 Å².